The van der Waals surface area contributed by atoms with E-state index in [0.29, 0.717) is 40.6 Å². The molecule has 2 atom stereocenters. The molecule has 8 nitrogen and oxygen atoms in total. The summed E-state index contributed by atoms with van der Waals surface area (Å²) in [7, 11) is 0. The van der Waals surface area contributed by atoms with Gasteiger partial charge < -0.3 is 28.4 Å². The molecule has 4 aromatic rings. The molecule has 0 aliphatic rings. The quantitative estimate of drug-likeness (QED) is 0.0334. The molecule has 0 heterocycles. The van der Waals surface area contributed by atoms with Crippen molar-refractivity contribution in [2.45, 2.75) is 59.2 Å². The van der Waals surface area contributed by atoms with Crippen LogP contribution in [0.3, 0.4) is 0 Å². The Labute approximate surface area is 419 Å². The monoisotopic (exact) mass is 936 g/mol. The SMILES string of the molecule is C=C(C)C(=C)OCC(COc1ccc(C#CC#CC#CC#CC)cc1)OC(=O)Cc1ccc(Cc2ccc(CC(=O)OC(COC(=C)C(=C)C)COc3ccc(C#CC#CC#CC#CC)cc3)cc2)cc1. The van der Waals surface area contributed by atoms with Gasteiger partial charge >= 0.3 is 11.9 Å². The van der Waals surface area contributed by atoms with E-state index in [0.717, 1.165) is 33.4 Å². The number of allylic oxidation sites excluding steroid dienone is 2. The molecule has 0 fully saturated rings. The van der Waals surface area contributed by atoms with Crippen LogP contribution in [0.25, 0.3) is 0 Å². The Bertz CT molecular complexity index is 2860. The first-order valence-electron chi connectivity index (χ1n) is 22.2. The van der Waals surface area contributed by atoms with E-state index in [1.807, 2.05) is 48.5 Å². The first-order chi connectivity index (χ1) is 34.4. The molecule has 0 saturated heterocycles. The lowest BCUT2D eigenvalue weighted by atomic mass is 10.0. The maximum absolute atomic E-state index is 13.2. The van der Waals surface area contributed by atoms with Crippen molar-refractivity contribution in [1.82, 2.24) is 0 Å². The van der Waals surface area contributed by atoms with Gasteiger partial charge in [-0.15, -0.1) is 0 Å². The average molecular weight is 937 g/mol. The lowest BCUT2D eigenvalue weighted by Crippen LogP contribution is -2.30. The van der Waals surface area contributed by atoms with E-state index in [9.17, 15) is 9.59 Å². The van der Waals surface area contributed by atoms with Gasteiger partial charge in [0.15, 0.2) is 12.2 Å². The fourth-order valence-electron chi connectivity index (χ4n) is 5.67. The second kappa shape index (κ2) is 30.7. The van der Waals surface area contributed by atoms with Crippen LogP contribution >= 0.6 is 0 Å². The number of carbonyl (C=O) groups excluding carboxylic acids is 2. The predicted octanol–water partition coefficient (Wildman–Crippen LogP) is 9.32. The van der Waals surface area contributed by atoms with Crippen LogP contribution in [-0.4, -0.2) is 50.6 Å². The summed E-state index contributed by atoms with van der Waals surface area (Å²) in [5.74, 6) is 44.0. The first-order valence-corrected chi connectivity index (χ1v) is 22.2. The number of ether oxygens (including phenoxy) is 6. The Morgan fingerprint density at radius 1 is 0.437 bits per heavy atom. The standard InChI is InChI=1S/C63H52O8/c1-9-11-13-15-17-19-21-23-52-33-37-58(38-34-52)68-46-60(44-66-50(7)48(3)4)70-62(64)42-56-29-25-54(26-30-56)41-55-27-31-57(32-28-55)43-63(65)71-61(45-67-51(8)49(5)6)47-69-59-39-35-53(36-40-59)24-22-20-18-16-14-12-10-2/h25-40,60-61H,3,5,7-8,41-47H2,1-2,4,6H3. The van der Waals surface area contributed by atoms with Crippen molar-refractivity contribution in [3.05, 3.63) is 179 Å². The van der Waals surface area contributed by atoms with Crippen LogP contribution in [0.2, 0.25) is 0 Å². The van der Waals surface area contributed by atoms with Crippen LogP contribution in [0.1, 0.15) is 61.1 Å². The molecule has 2 unspecified atom stereocenters. The fraction of sp³-hybridized carbons (Fsp3) is 0.206. The summed E-state index contributed by atoms with van der Waals surface area (Å²) in [4.78, 5) is 26.3. The Morgan fingerprint density at radius 3 is 1.10 bits per heavy atom. The van der Waals surface area contributed by atoms with Gasteiger partial charge in [0, 0.05) is 11.1 Å². The lowest BCUT2D eigenvalue weighted by molar-refractivity contribution is -0.153. The summed E-state index contributed by atoms with van der Waals surface area (Å²) in [5, 5.41) is 0. The molecule has 0 aliphatic carbocycles. The molecule has 0 radical (unpaired) electrons. The first kappa shape index (κ1) is 54.1. The van der Waals surface area contributed by atoms with Crippen LogP contribution in [0.5, 0.6) is 11.5 Å². The van der Waals surface area contributed by atoms with E-state index in [2.05, 4.69) is 121 Å². The van der Waals surface area contributed by atoms with Crippen molar-refractivity contribution >= 4 is 11.9 Å². The second-order valence-electron chi connectivity index (χ2n) is 15.3. The van der Waals surface area contributed by atoms with E-state index in [4.69, 9.17) is 28.4 Å². The molecule has 8 heteroatoms. The molecule has 0 aromatic heterocycles. The third-order valence-corrected chi connectivity index (χ3v) is 9.46. The van der Waals surface area contributed by atoms with Crippen molar-refractivity contribution in [3.63, 3.8) is 0 Å². The number of carbonyl (C=O) groups is 2. The summed E-state index contributed by atoms with van der Waals surface area (Å²) >= 11 is 0. The predicted molar refractivity (Wildman–Crippen MR) is 278 cm³/mol. The Hall–Kier alpha value is -9.54. The molecule has 0 spiro atoms. The molecular weight excluding hydrogens is 885 g/mol. The van der Waals surface area contributed by atoms with Gasteiger partial charge in [0.25, 0.3) is 0 Å². The molecule has 4 aromatic carbocycles. The largest absolute Gasteiger partial charge is 0.490 e. The van der Waals surface area contributed by atoms with Crippen molar-refractivity contribution in [1.29, 1.82) is 0 Å². The zero-order valence-corrected chi connectivity index (χ0v) is 40.4. The highest BCUT2D eigenvalue weighted by molar-refractivity contribution is 5.73. The number of esters is 2. The van der Waals surface area contributed by atoms with E-state index in [-0.39, 0.29) is 39.3 Å². The summed E-state index contributed by atoms with van der Waals surface area (Å²) in [5.41, 5.74) is 6.46. The number of benzene rings is 4. The smallest absolute Gasteiger partial charge is 0.310 e. The highest BCUT2D eigenvalue weighted by atomic mass is 16.6. The molecule has 0 bridgehead atoms. The summed E-state index contributed by atoms with van der Waals surface area (Å²) < 4.78 is 35.1. The van der Waals surface area contributed by atoms with Gasteiger partial charge in [-0.05, 0) is 187 Å². The van der Waals surface area contributed by atoms with Crippen molar-refractivity contribution in [2.75, 3.05) is 26.4 Å². The van der Waals surface area contributed by atoms with Crippen molar-refractivity contribution in [3.8, 4) is 106 Å². The van der Waals surface area contributed by atoms with E-state index in [1.165, 1.54) is 0 Å². The van der Waals surface area contributed by atoms with Gasteiger partial charge in [0.1, 0.15) is 49.4 Å². The van der Waals surface area contributed by atoms with Crippen LogP contribution < -0.4 is 9.47 Å². The third kappa shape index (κ3) is 22.2. The molecule has 0 aliphatic heterocycles. The highest BCUT2D eigenvalue weighted by Crippen LogP contribution is 2.18. The molecule has 0 N–H and O–H groups in total. The maximum atomic E-state index is 13.2. The van der Waals surface area contributed by atoms with Crippen LogP contribution in [0.15, 0.2) is 146 Å². The minimum Gasteiger partial charge on any atom is -0.490 e. The summed E-state index contributed by atoms with van der Waals surface area (Å²) in [6, 6.07) is 29.8. The van der Waals surface area contributed by atoms with Crippen LogP contribution in [0, 0.1) is 94.7 Å². The number of hydrogen-bond donors (Lipinski definition) is 0. The maximum Gasteiger partial charge on any atom is 0.310 e. The lowest BCUT2D eigenvalue weighted by Gasteiger charge is -2.20. The summed E-state index contributed by atoms with van der Waals surface area (Å²) in [6.07, 6.45) is -0.723. The molecule has 352 valence electrons. The molecule has 4 rings (SSSR count). The highest BCUT2D eigenvalue weighted by Gasteiger charge is 2.20. The fourth-order valence-corrected chi connectivity index (χ4v) is 5.67. The van der Waals surface area contributed by atoms with Crippen molar-refractivity contribution < 1.29 is 38.0 Å². The number of hydrogen-bond acceptors (Lipinski definition) is 8. The topological polar surface area (TPSA) is 89.5 Å². The third-order valence-electron chi connectivity index (χ3n) is 9.46. The van der Waals surface area contributed by atoms with E-state index in [1.54, 1.807) is 76.2 Å². The Morgan fingerprint density at radius 2 is 0.761 bits per heavy atom. The molecule has 0 amide bonds. The molecule has 71 heavy (non-hydrogen) atoms. The summed E-state index contributed by atoms with van der Waals surface area (Å²) in [6.45, 7) is 22.6. The van der Waals surface area contributed by atoms with Gasteiger partial charge in [-0.2, -0.15) is 0 Å². The van der Waals surface area contributed by atoms with Gasteiger partial charge in [-0.3, -0.25) is 9.59 Å². The normalized spacial score (nSPS) is 9.97. The minimum atomic E-state index is -0.728. The van der Waals surface area contributed by atoms with E-state index < -0.39 is 24.1 Å². The zero-order chi connectivity index (χ0) is 51.1. The Kier molecular flexibility index (Phi) is 23.4. The van der Waals surface area contributed by atoms with Crippen LogP contribution in [0.4, 0.5) is 0 Å². The van der Waals surface area contributed by atoms with Gasteiger partial charge in [0.05, 0.1) is 12.8 Å². The van der Waals surface area contributed by atoms with Gasteiger partial charge in [-0.25, -0.2) is 0 Å². The molecular formula is C63H52O8. The van der Waals surface area contributed by atoms with E-state index >= 15 is 0 Å². The van der Waals surface area contributed by atoms with Gasteiger partial charge in [-0.1, -0.05) is 98.5 Å². The second-order valence-corrected chi connectivity index (χ2v) is 15.3. The number of rotatable bonds is 22. The average Bonchev–Trinajstić information content (AvgIpc) is 3.36. The van der Waals surface area contributed by atoms with Crippen LogP contribution in [-0.2, 0) is 47.8 Å². The zero-order valence-electron chi connectivity index (χ0n) is 40.4. The van der Waals surface area contributed by atoms with Crippen molar-refractivity contribution in [2.24, 2.45) is 0 Å². The Balaban J connectivity index is 1.28. The molecule has 0 saturated carbocycles. The minimum absolute atomic E-state index is 0.0286. The van der Waals surface area contributed by atoms with Gasteiger partial charge in [0.2, 0.25) is 0 Å².